The van der Waals surface area contributed by atoms with E-state index in [0.717, 1.165) is 34.9 Å². The molecular weight excluding hydrogens is 190 g/mol. The summed E-state index contributed by atoms with van der Waals surface area (Å²) in [6, 6.07) is 6.04. The van der Waals surface area contributed by atoms with Gasteiger partial charge in [0.05, 0.1) is 0 Å². The third kappa shape index (κ3) is 1.26. The highest BCUT2D eigenvalue weighted by molar-refractivity contribution is 6.32. The van der Waals surface area contributed by atoms with Crippen molar-refractivity contribution in [2.45, 2.75) is 12.8 Å². The molecule has 4 radical (unpaired) electrons. The predicted molar refractivity (Wildman–Crippen MR) is 70.9 cm³/mol. The van der Waals surface area contributed by atoms with Crippen LogP contribution in [0.15, 0.2) is 41.9 Å². The number of rotatable bonds is 0. The minimum atomic E-state index is 0.789. The molecule has 0 amide bonds. The van der Waals surface area contributed by atoms with Gasteiger partial charge in [0.25, 0.3) is 0 Å². The first-order valence-corrected chi connectivity index (χ1v) is 5.45. The summed E-state index contributed by atoms with van der Waals surface area (Å²) in [4.78, 5) is 0. The van der Waals surface area contributed by atoms with Crippen molar-refractivity contribution in [3.63, 3.8) is 0 Å². The van der Waals surface area contributed by atoms with Crippen LogP contribution in [-0.4, -0.2) is 15.7 Å². The minimum absolute atomic E-state index is 0.789. The average Bonchev–Trinajstić information content (AvgIpc) is 2.53. The quantitative estimate of drug-likeness (QED) is 0.562. The molecular formula is C14H10B2. The third-order valence-corrected chi connectivity index (χ3v) is 3.34. The van der Waals surface area contributed by atoms with Gasteiger partial charge in [-0.25, -0.2) is 0 Å². The molecule has 0 unspecified atom stereocenters. The van der Waals surface area contributed by atoms with E-state index in [4.69, 9.17) is 15.7 Å². The van der Waals surface area contributed by atoms with Crippen molar-refractivity contribution in [3.05, 3.63) is 53.0 Å². The maximum Gasteiger partial charge on any atom is 0.113 e. The Bertz CT molecular complexity index is 562. The van der Waals surface area contributed by atoms with Crippen molar-refractivity contribution < 1.29 is 0 Å². The van der Waals surface area contributed by atoms with Crippen molar-refractivity contribution in [3.8, 4) is 0 Å². The second-order valence-corrected chi connectivity index (χ2v) is 4.40. The summed E-state index contributed by atoms with van der Waals surface area (Å²) in [6.45, 7) is 4.14. The van der Waals surface area contributed by atoms with Crippen LogP contribution in [0.2, 0.25) is 0 Å². The summed E-state index contributed by atoms with van der Waals surface area (Å²) < 4.78 is 0. The summed E-state index contributed by atoms with van der Waals surface area (Å²) >= 11 is 0. The molecule has 0 aliphatic heterocycles. The first kappa shape index (κ1) is 9.77. The minimum Gasteiger partial charge on any atom is -0.117 e. The Balaban J connectivity index is 2.23. The number of benzene rings is 1. The van der Waals surface area contributed by atoms with Crippen LogP contribution >= 0.6 is 0 Å². The highest BCUT2D eigenvalue weighted by atomic mass is 14.3. The molecule has 0 fully saturated rings. The molecule has 0 N–H and O–H groups in total. The van der Waals surface area contributed by atoms with E-state index in [1.54, 1.807) is 0 Å². The first-order valence-electron chi connectivity index (χ1n) is 5.45. The largest absolute Gasteiger partial charge is 0.117 e. The van der Waals surface area contributed by atoms with Gasteiger partial charge in [-0.3, -0.25) is 0 Å². The SMILES string of the molecule is [B]C1=CC2=C(CC1)c1ccc([B])cc1C2=C. The van der Waals surface area contributed by atoms with Gasteiger partial charge in [0.15, 0.2) is 0 Å². The molecule has 0 heterocycles. The standard InChI is InChI=1S/C14H10B2/c1-8-13-6-9(15)2-4-11(13)12-5-3-10(16)7-14(8)12/h2,4,6-7H,1,3,5H2. The zero-order chi connectivity index (χ0) is 11.3. The van der Waals surface area contributed by atoms with Gasteiger partial charge in [-0.1, -0.05) is 36.3 Å². The number of allylic oxidation sites excluding steroid dienone is 5. The third-order valence-electron chi connectivity index (χ3n) is 3.34. The van der Waals surface area contributed by atoms with Crippen molar-refractivity contribution in [1.29, 1.82) is 0 Å². The van der Waals surface area contributed by atoms with Crippen LogP contribution < -0.4 is 5.46 Å². The highest BCUT2D eigenvalue weighted by Crippen LogP contribution is 2.45. The van der Waals surface area contributed by atoms with E-state index in [0.29, 0.717) is 0 Å². The van der Waals surface area contributed by atoms with Crippen LogP contribution in [0.4, 0.5) is 0 Å². The molecule has 2 aliphatic carbocycles. The van der Waals surface area contributed by atoms with Crippen LogP contribution in [0, 0.1) is 0 Å². The van der Waals surface area contributed by atoms with Crippen molar-refractivity contribution in [2.75, 3.05) is 0 Å². The molecule has 0 atom stereocenters. The van der Waals surface area contributed by atoms with E-state index in [2.05, 4.69) is 18.7 Å². The smallest absolute Gasteiger partial charge is 0.113 e. The molecule has 3 rings (SSSR count). The molecule has 0 saturated heterocycles. The van der Waals surface area contributed by atoms with E-state index >= 15 is 0 Å². The summed E-state index contributed by atoms with van der Waals surface area (Å²) in [5.74, 6) is 0. The Morgan fingerprint density at radius 2 is 1.88 bits per heavy atom. The molecule has 1 aromatic rings. The van der Waals surface area contributed by atoms with Gasteiger partial charge in [0.1, 0.15) is 15.7 Å². The topological polar surface area (TPSA) is 0 Å². The Morgan fingerprint density at radius 1 is 1.06 bits per heavy atom. The lowest BCUT2D eigenvalue weighted by Crippen LogP contribution is -2.02. The molecule has 2 aliphatic rings. The number of fused-ring (bicyclic) bond motifs is 2. The van der Waals surface area contributed by atoms with Gasteiger partial charge >= 0.3 is 0 Å². The lowest BCUT2D eigenvalue weighted by atomic mass is 9.82. The zero-order valence-electron chi connectivity index (χ0n) is 9.09. The van der Waals surface area contributed by atoms with Gasteiger partial charge < -0.3 is 0 Å². The average molecular weight is 200 g/mol. The van der Waals surface area contributed by atoms with E-state index in [1.807, 2.05) is 12.1 Å². The Kier molecular flexibility index (Phi) is 2.00. The maximum absolute atomic E-state index is 5.88. The number of hydrogen-bond donors (Lipinski definition) is 0. The van der Waals surface area contributed by atoms with E-state index in [9.17, 15) is 0 Å². The lowest BCUT2D eigenvalue weighted by molar-refractivity contribution is 1.03. The van der Waals surface area contributed by atoms with Crippen LogP contribution in [0.3, 0.4) is 0 Å². The molecule has 16 heavy (non-hydrogen) atoms. The predicted octanol–water partition coefficient (Wildman–Crippen LogP) is 2.11. The van der Waals surface area contributed by atoms with Gasteiger partial charge in [-0.15, -0.1) is 5.47 Å². The lowest BCUT2D eigenvalue weighted by Gasteiger charge is -2.13. The molecule has 0 spiro atoms. The normalized spacial score (nSPS) is 18.2. The zero-order valence-corrected chi connectivity index (χ0v) is 9.09. The van der Waals surface area contributed by atoms with E-state index in [1.165, 1.54) is 16.7 Å². The van der Waals surface area contributed by atoms with Crippen LogP contribution in [0.5, 0.6) is 0 Å². The monoisotopic (exact) mass is 200 g/mol. The fourth-order valence-corrected chi connectivity index (χ4v) is 2.52. The molecule has 2 heteroatoms. The Morgan fingerprint density at radius 3 is 2.69 bits per heavy atom. The van der Waals surface area contributed by atoms with Crippen molar-refractivity contribution in [1.82, 2.24) is 0 Å². The molecule has 0 nitrogen and oxygen atoms in total. The van der Waals surface area contributed by atoms with E-state index < -0.39 is 0 Å². The first-order chi connectivity index (χ1) is 7.66. The van der Waals surface area contributed by atoms with Gasteiger partial charge in [-0.2, -0.15) is 0 Å². The van der Waals surface area contributed by atoms with Crippen molar-refractivity contribution in [2.24, 2.45) is 0 Å². The summed E-state index contributed by atoms with van der Waals surface area (Å²) in [5.41, 5.74) is 7.80. The molecule has 0 saturated carbocycles. The maximum atomic E-state index is 5.88. The second kappa shape index (κ2) is 3.28. The highest BCUT2D eigenvalue weighted by Gasteiger charge is 2.25. The molecule has 72 valence electrons. The molecule has 0 bridgehead atoms. The molecule has 0 aromatic heterocycles. The Hall–Kier alpha value is -1.43. The fraction of sp³-hybridized carbons (Fsp3) is 0.143. The number of hydrogen-bond acceptors (Lipinski definition) is 0. The Labute approximate surface area is 98.6 Å². The summed E-state index contributed by atoms with van der Waals surface area (Å²) in [5, 5.41) is 0. The van der Waals surface area contributed by atoms with Gasteiger partial charge in [-0.05, 0) is 40.7 Å². The van der Waals surface area contributed by atoms with Gasteiger partial charge in [0.2, 0.25) is 0 Å². The summed E-state index contributed by atoms with van der Waals surface area (Å²) in [6.07, 6.45) is 4.00. The second-order valence-electron chi connectivity index (χ2n) is 4.40. The van der Waals surface area contributed by atoms with Crippen LogP contribution in [0.25, 0.3) is 11.1 Å². The van der Waals surface area contributed by atoms with Gasteiger partial charge in [0, 0.05) is 0 Å². The fourth-order valence-electron chi connectivity index (χ4n) is 2.52. The van der Waals surface area contributed by atoms with Crippen molar-refractivity contribution >= 4 is 32.3 Å². The van der Waals surface area contributed by atoms with E-state index in [-0.39, 0.29) is 0 Å². The van der Waals surface area contributed by atoms with Crippen LogP contribution in [-0.2, 0) is 0 Å². The van der Waals surface area contributed by atoms with Crippen LogP contribution in [0.1, 0.15) is 24.0 Å². The molecule has 1 aromatic carbocycles. The summed E-state index contributed by atoms with van der Waals surface area (Å²) in [7, 11) is 11.7.